The van der Waals surface area contributed by atoms with Crippen LogP contribution >= 0.6 is 0 Å². The average molecular weight is 281 g/mol. The molecule has 0 N–H and O–H groups in total. The maximum Gasteiger partial charge on any atom is 0.189 e. The molecule has 0 amide bonds. The minimum absolute atomic E-state index is 0.00472. The number of ether oxygens (including phenoxy) is 1. The van der Waals surface area contributed by atoms with Crippen LogP contribution < -0.4 is 15.0 Å². The van der Waals surface area contributed by atoms with E-state index in [9.17, 15) is 4.79 Å². The van der Waals surface area contributed by atoms with E-state index in [-0.39, 0.29) is 5.43 Å². The Kier molecular flexibility index (Phi) is 3.60. The lowest BCUT2D eigenvalue weighted by atomic mass is 10.2. The van der Waals surface area contributed by atoms with Crippen molar-refractivity contribution in [3.63, 3.8) is 0 Å². The second-order valence-corrected chi connectivity index (χ2v) is 4.64. The van der Waals surface area contributed by atoms with Crippen molar-refractivity contribution in [3.05, 3.63) is 76.6 Å². The molecule has 3 rings (SSSR count). The number of hydrogen-bond acceptors (Lipinski definition) is 3. The van der Waals surface area contributed by atoms with Crippen LogP contribution in [0.2, 0.25) is 0 Å². The fourth-order valence-corrected chi connectivity index (χ4v) is 2.16. The van der Waals surface area contributed by atoms with Gasteiger partial charge in [-0.25, -0.2) is 0 Å². The van der Waals surface area contributed by atoms with Crippen molar-refractivity contribution >= 4 is 10.9 Å². The third-order valence-electron chi connectivity index (χ3n) is 3.30. The van der Waals surface area contributed by atoms with E-state index in [0.717, 1.165) is 16.8 Å². The number of methoxy groups -OCH3 is 1. The monoisotopic (exact) mass is 281 g/mol. The normalized spacial score (nSPS) is 10.5. The zero-order valence-corrected chi connectivity index (χ0v) is 11.7. The molecule has 1 aromatic heterocycles. The third kappa shape index (κ3) is 2.74. The summed E-state index contributed by atoms with van der Waals surface area (Å²) in [6, 6.07) is 16.6. The van der Waals surface area contributed by atoms with E-state index in [4.69, 9.17) is 9.57 Å². The summed E-state index contributed by atoms with van der Waals surface area (Å²) in [5.74, 6) is 0.813. The van der Waals surface area contributed by atoms with Crippen molar-refractivity contribution < 1.29 is 9.57 Å². The Balaban J connectivity index is 1.85. The average Bonchev–Trinajstić information content (AvgIpc) is 2.55. The topological polar surface area (TPSA) is 40.5 Å². The Hall–Kier alpha value is -2.75. The molecule has 0 bridgehead atoms. The highest BCUT2D eigenvalue weighted by atomic mass is 16.7. The van der Waals surface area contributed by atoms with Gasteiger partial charge in [0.2, 0.25) is 0 Å². The molecule has 106 valence electrons. The van der Waals surface area contributed by atoms with Crippen LogP contribution in [0.25, 0.3) is 10.9 Å². The van der Waals surface area contributed by atoms with E-state index in [0.29, 0.717) is 12.0 Å². The fraction of sp³-hybridized carbons (Fsp3) is 0.118. The van der Waals surface area contributed by atoms with Gasteiger partial charge >= 0.3 is 0 Å². The molecule has 0 aliphatic heterocycles. The van der Waals surface area contributed by atoms with Gasteiger partial charge in [-0.05, 0) is 29.8 Å². The largest absolute Gasteiger partial charge is 0.497 e. The number of hydrogen-bond donors (Lipinski definition) is 0. The molecule has 4 nitrogen and oxygen atoms in total. The molecule has 0 saturated carbocycles. The Labute approximate surface area is 122 Å². The van der Waals surface area contributed by atoms with Crippen molar-refractivity contribution in [1.29, 1.82) is 0 Å². The number of aromatic nitrogens is 1. The predicted octanol–water partition coefficient (Wildman–Crippen LogP) is 2.64. The van der Waals surface area contributed by atoms with Crippen LogP contribution in [0.15, 0.2) is 65.6 Å². The quantitative estimate of drug-likeness (QED) is 0.738. The number of fused-ring (bicyclic) bond motifs is 1. The van der Waals surface area contributed by atoms with Crippen LogP contribution in [0.3, 0.4) is 0 Å². The van der Waals surface area contributed by atoms with Crippen molar-refractivity contribution in [2.75, 3.05) is 7.11 Å². The number of pyridine rings is 1. The summed E-state index contributed by atoms with van der Waals surface area (Å²) in [5, 5.41) is 0.648. The van der Waals surface area contributed by atoms with Gasteiger partial charge in [0.1, 0.15) is 12.4 Å². The van der Waals surface area contributed by atoms with Gasteiger partial charge < -0.3 is 9.57 Å². The summed E-state index contributed by atoms with van der Waals surface area (Å²) in [6.07, 6.45) is 1.65. The smallest absolute Gasteiger partial charge is 0.189 e. The van der Waals surface area contributed by atoms with Crippen LogP contribution in [-0.4, -0.2) is 11.8 Å². The van der Waals surface area contributed by atoms with Crippen LogP contribution in [0.1, 0.15) is 5.56 Å². The Bertz CT molecular complexity index is 806. The molecule has 0 fully saturated rings. The summed E-state index contributed by atoms with van der Waals surface area (Å²) in [4.78, 5) is 17.6. The highest BCUT2D eigenvalue weighted by Gasteiger charge is 2.03. The van der Waals surface area contributed by atoms with Crippen LogP contribution in [0.5, 0.6) is 5.75 Å². The van der Waals surface area contributed by atoms with E-state index >= 15 is 0 Å². The van der Waals surface area contributed by atoms with E-state index in [2.05, 4.69) is 0 Å². The van der Waals surface area contributed by atoms with Crippen molar-refractivity contribution in [2.24, 2.45) is 0 Å². The predicted molar refractivity (Wildman–Crippen MR) is 81.5 cm³/mol. The molecular formula is C17H15NO3. The van der Waals surface area contributed by atoms with Gasteiger partial charge in [0.05, 0.1) is 12.6 Å². The van der Waals surface area contributed by atoms with E-state index in [1.54, 1.807) is 24.1 Å². The Morgan fingerprint density at radius 3 is 2.52 bits per heavy atom. The Morgan fingerprint density at radius 1 is 1.00 bits per heavy atom. The lowest BCUT2D eigenvalue weighted by Gasteiger charge is -2.12. The molecule has 0 aliphatic rings. The minimum atomic E-state index is -0.00472. The molecular weight excluding hydrogens is 266 g/mol. The van der Waals surface area contributed by atoms with Gasteiger partial charge in [0, 0.05) is 17.6 Å². The maximum absolute atomic E-state index is 11.8. The van der Waals surface area contributed by atoms with Gasteiger partial charge in [0.25, 0.3) is 0 Å². The second-order valence-electron chi connectivity index (χ2n) is 4.64. The zero-order chi connectivity index (χ0) is 14.7. The van der Waals surface area contributed by atoms with Gasteiger partial charge in [-0.2, -0.15) is 4.73 Å². The number of rotatable bonds is 4. The molecule has 4 heteroatoms. The molecule has 3 aromatic rings. The highest BCUT2D eigenvalue weighted by Crippen LogP contribution is 2.12. The van der Waals surface area contributed by atoms with Crippen molar-refractivity contribution in [3.8, 4) is 5.75 Å². The minimum Gasteiger partial charge on any atom is -0.497 e. The van der Waals surface area contributed by atoms with Gasteiger partial charge in [-0.1, -0.05) is 24.3 Å². The summed E-state index contributed by atoms with van der Waals surface area (Å²) in [5.41, 5.74) is 1.78. The molecule has 0 radical (unpaired) electrons. The SMILES string of the molecule is COc1ccc(COn2ccc(=O)c3ccccc32)cc1. The van der Waals surface area contributed by atoms with Gasteiger partial charge in [-0.3, -0.25) is 4.79 Å². The molecule has 0 atom stereocenters. The number of benzene rings is 2. The Morgan fingerprint density at radius 2 is 1.76 bits per heavy atom. The van der Waals surface area contributed by atoms with Crippen LogP contribution in [0.4, 0.5) is 0 Å². The summed E-state index contributed by atoms with van der Waals surface area (Å²) < 4.78 is 6.75. The molecule has 1 heterocycles. The lowest BCUT2D eigenvalue weighted by molar-refractivity contribution is 0.106. The standard InChI is InChI=1S/C17H15NO3/c1-20-14-8-6-13(7-9-14)12-21-18-11-10-17(19)15-4-2-3-5-16(15)18/h2-11H,12H2,1H3. The zero-order valence-electron chi connectivity index (χ0n) is 11.7. The molecule has 21 heavy (non-hydrogen) atoms. The van der Waals surface area contributed by atoms with Crippen molar-refractivity contribution in [2.45, 2.75) is 6.61 Å². The molecule has 0 aliphatic carbocycles. The maximum atomic E-state index is 11.8. The molecule has 0 spiro atoms. The fourth-order valence-electron chi connectivity index (χ4n) is 2.16. The summed E-state index contributed by atoms with van der Waals surface area (Å²) in [6.45, 7) is 0.414. The molecule has 0 saturated heterocycles. The van der Waals surface area contributed by atoms with E-state index < -0.39 is 0 Å². The highest BCUT2D eigenvalue weighted by molar-refractivity contribution is 5.78. The number of nitrogens with zero attached hydrogens (tertiary/aromatic N) is 1. The van der Waals surface area contributed by atoms with Crippen LogP contribution in [-0.2, 0) is 6.61 Å². The first-order chi connectivity index (χ1) is 10.3. The first-order valence-corrected chi connectivity index (χ1v) is 6.64. The summed E-state index contributed by atoms with van der Waals surface area (Å²) in [7, 11) is 1.64. The second kappa shape index (κ2) is 5.71. The first-order valence-electron chi connectivity index (χ1n) is 6.64. The molecule has 0 unspecified atom stereocenters. The summed E-state index contributed by atoms with van der Waals surface area (Å²) >= 11 is 0. The first kappa shape index (κ1) is 13.2. The van der Waals surface area contributed by atoms with Gasteiger partial charge in [0.15, 0.2) is 5.43 Å². The lowest BCUT2D eigenvalue weighted by Crippen LogP contribution is -2.15. The molecule has 2 aromatic carbocycles. The third-order valence-corrected chi connectivity index (χ3v) is 3.30. The van der Waals surface area contributed by atoms with E-state index in [1.807, 2.05) is 42.5 Å². The van der Waals surface area contributed by atoms with Crippen molar-refractivity contribution in [1.82, 2.24) is 4.73 Å². The number of para-hydroxylation sites is 1. The van der Waals surface area contributed by atoms with Crippen LogP contribution in [0, 0.1) is 0 Å². The van der Waals surface area contributed by atoms with E-state index in [1.165, 1.54) is 6.07 Å². The van der Waals surface area contributed by atoms with Gasteiger partial charge in [-0.15, -0.1) is 0 Å².